The van der Waals surface area contributed by atoms with Crippen molar-refractivity contribution >= 4 is 38.8 Å². The molecule has 0 saturated carbocycles. The number of nitrogens with one attached hydrogen (secondary N) is 3. The van der Waals surface area contributed by atoms with Crippen molar-refractivity contribution in [3.8, 4) is 6.07 Å². The lowest BCUT2D eigenvalue weighted by atomic mass is 10.2. The summed E-state index contributed by atoms with van der Waals surface area (Å²) < 4.78 is 0.693. The number of nitriles is 1. The highest BCUT2D eigenvalue weighted by molar-refractivity contribution is 9.10. The summed E-state index contributed by atoms with van der Waals surface area (Å²) in [6.45, 7) is 0. The summed E-state index contributed by atoms with van der Waals surface area (Å²) in [5.41, 5.74) is 2.15. The molecule has 1 amide bonds. The van der Waals surface area contributed by atoms with Crippen molar-refractivity contribution in [3.63, 3.8) is 0 Å². The molecule has 0 fully saturated rings. The van der Waals surface area contributed by atoms with E-state index in [1.807, 2.05) is 12.1 Å². The first-order valence-electron chi connectivity index (χ1n) is 7.44. The smallest absolute Gasteiger partial charge is 0.255 e. The number of carbonyl (C=O) groups is 1. The largest absolute Gasteiger partial charge is 0.360 e. The number of carbonyl (C=O) groups excluding carboxylic acids is 1. The van der Waals surface area contributed by atoms with E-state index >= 15 is 0 Å². The Kier molecular flexibility index (Phi) is 5.36. The van der Waals surface area contributed by atoms with Crippen molar-refractivity contribution < 1.29 is 4.79 Å². The molecule has 0 bridgehead atoms. The van der Waals surface area contributed by atoms with Gasteiger partial charge in [-0.3, -0.25) is 4.79 Å². The van der Waals surface area contributed by atoms with Crippen LogP contribution in [0, 0.1) is 11.3 Å². The van der Waals surface area contributed by atoms with Crippen LogP contribution in [0.25, 0.3) is 5.57 Å². The average Bonchev–Trinajstić information content (AvgIpc) is 3.19. The van der Waals surface area contributed by atoms with Gasteiger partial charge in [0, 0.05) is 21.9 Å². The summed E-state index contributed by atoms with van der Waals surface area (Å²) in [5.74, 6) is 0.00147. The maximum atomic E-state index is 12.2. The van der Waals surface area contributed by atoms with E-state index in [9.17, 15) is 4.79 Å². The number of tetrazole rings is 1. The van der Waals surface area contributed by atoms with Crippen LogP contribution < -0.4 is 10.6 Å². The number of amides is 1. The van der Waals surface area contributed by atoms with E-state index in [1.54, 1.807) is 42.5 Å². The molecule has 26 heavy (non-hydrogen) atoms. The normalized spacial score (nSPS) is 10.8. The maximum absolute atomic E-state index is 12.2. The van der Waals surface area contributed by atoms with E-state index < -0.39 is 0 Å². The van der Waals surface area contributed by atoms with Gasteiger partial charge >= 0.3 is 0 Å². The Labute approximate surface area is 157 Å². The molecule has 9 heteroatoms. The molecule has 2 aromatic carbocycles. The molecule has 0 atom stereocenters. The van der Waals surface area contributed by atoms with Crippen LogP contribution in [0.3, 0.4) is 0 Å². The molecule has 0 radical (unpaired) electrons. The lowest BCUT2D eigenvalue weighted by molar-refractivity contribution is 0.102. The average molecular weight is 410 g/mol. The third-order valence-electron chi connectivity index (χ3n) is 3.34. The Morgan fingerprint density at radius 1 is 1.23 bits per heavy atom. The second-order valence-electron chi connectivity index (χ2n) is 5.06. The second kappa shape index (κ2) is 8.04. The van der Waals surface area contributed by atoms with Gasteiger partial charge in [-0.05, 0) is 51.5 Å². The van der Waals surface area contributed by atoms with E-state index in [4.69, 9.17) is 5.26 Å². The number of aromatic nitrogens is 4. The van der Waals surface area contributed by atoms with Crippen LogP contribution in [0.15, 0.2) is 59.2 Å². The first kappa shape index (κ1) is 17.3. The zero-order valence-electron chi connectivity index (χ0n) is 13.3. The molecule has 3 N–H and O–H groups in total. The van der Waals surface area contributed by atoms with Crippen LogP contribution in [0.1, 0.15) is 16.2 Å². The second-order valence-corrected chi connectivity index (χ2v) is 5.92. The molecule has 3 aromatic rings. The first-order valence-corrected chi connectivity index (χ1v) is 8.23. The zero-order valence-corrected chi connectivity index (χ0v) is 14.9. The number of H-pyrrole nitrogens is 1. The van der Waals surface area contributed by atoms with E-state index in [1.165, 1.54) is 6.20 Å². The Bertz CT molecular complexity index is 978. The van der Waals surface area contributed by atoms with E-state index in [2.05, 4.69) is 47.2 Å². The van der Waals surface area contributed by atoms with Crippen LogP contribution in [-0.4, -0.2) is 26.5 Å². The van der Waals surface area contributed by atoms with Crippen molar-refractivity contribution in [3.05, 3.63) is 70.6 Å². The van der Waals surface area contributed by atoms with Gasteiger partial charge in [-0.25, -0.2) is 0 Å². The Morgan fingerprint density at radius 2 is 2.04 bits per heavy atom. The molecular weight excluding hydrogens is 398 g/mol. The Balaban J connectivity index is 1.72. The van der Waals surface area contributed by atoms with Gasteiger partial charge < -0.3 is 10.6 Å². The van der Waals surface area contributed by atoms with Crippen LogP contribution >= 0.6 is 15.9 Å². The summed E-state index contributed by atoms with van der Waals surface area (Å²) in [6, 6.07) is 16.2. The number of hydrogen-bond acceptors (Lipinski definition) is 6. The van der Waals surface area contributed by atoms with Crippen molar-refractivity contribution in [2.45, 2.75) is 0 Å². The molecule has 0 aliphatic carbocycles. The summed E-state index contributed by atoms with van der Waals surface area (Å²) in [5, 5.41) is 28.2. The number of benzene rings is 2. The highest BCUT2D eigenvalue weighted by Gasteiger charge is 2.09. The molecule has 1 aromatic heterocycles. The van der Waals surface area contributed by atoms with E-state index in [0.717, 1.165) is 0 Å². The quantitative estimate of drug-likeness (QED) is 0.556. The summed E-state index contributed by atoms with van der Waals surface area (Å²) in [4.78, 5) is 12.2. The topological polar surface area (TPSA) is 119 Å². The predicted octanol–water partition coefficient (Wildman–Crippen LogP) is 3.19. The van der Waals surface area contributed by atoms with Crippen LogP contribution in [0.5, 0.6) is 0 Å². The molecule has 8 nitrogen and oxygen atoms in total. The van der Waals surface area contributed by atoms with Gasteiger partial charge in [0.15, 0.2) is 0 Å². The van der Waals surface area contributed by atoms with Crippen LogP contribution in [0.4, 0.5) is 11.4 Å². The van der Waals surface area contributed by atoms with Gasteiger partial charge in [-0.15, -0.1) is 10.2 Å². The van der Waals surface area contributed by atoms with Gasteiger partial charge in [0.2, 0.25) is 5.82 Å². The van der Waals surface area contributed by atoms with E-state index in [-0.39, 0.29) is 17.3 Å². The highest BCUT2D eigenvalue weighted by atomic mass is 79.9. The number of allylic oxidation sites excluding steroid dienone is 1. The Morgan fingerprint density at radius 3 is 2.69 bits per heavy atom. The molecule has 1 heterocycles. The fraction of sp³-hybridized carbons (Fsp3) is 0. The third-order valence-corrected chi connectivity index (χ3v) is 4.00. The van der Waals surface area contributed by atoms with E-state index in [0.29, 0.717) is 21.4 Å². The van der Waals surface area contributed by atoms with Gasteiger partial charge in [0.05, 0.1) is 5.69 Å². The molecular formula is C17H12BrN7O. The Hall–Kier alpha value is -3.51. The van der Waals surface area contributed by atoms with Gasteiger partial charge in [0.1, 0.15) is 11.6 Å². The number of halogens is 1. The molecule has 0 unspecified atom stereocenters. The summed E-state index contributed by atoms with van der Waals surface area (Å²) in [7, 11) is 0. The minimum atomic E-state index is -0.198. The van der Waals surface area contributed by atoms with Crippen molar-refractivity contribution in [1.82, 2.24) is 20.6 Å². The number of aromatic amines is 1. The minimum Gasteiger partial charge on any atom is -0.360 e. The lowest BCUT2D eigenvalue weighted by Crippen LogP contribution is -2.12. The van der Waals surface area contributed by atoms with Crippen molar-refractivity contribution in [2.24, 2.45) is 0 Å². The van der Waals surface area contributed by atoms with Gasteiger partial charge in [0.25, 0.3) is 5.91 Å². The van der Waals surface area contributed by atoms with Crippen molar-refractivity contribution in [1.29, 1.82) is 5.26 Å². The molecule has 0 saturated heterocycles. The molecule has 0 aliphatic heterocycles. The number of hydrogen-bond donors (Lipinski definition) is 3. The van der Waals surface area contributed by atoms with Gasteiger partial charge in [-0.1, -0.05) is 18.2 Å². The maximum Gasteiger partial charge on any atom is 0.255 e. The SMILES string of the molecule is N#CC(=CNc1ccc(NC(=O)c2ccccc2)c(Br)c1)c1nn[nH]n1. The summed E-state index contributed by atoms with van der Waals surface area (Å²) >= 11 is 3.43. The third kappa shape index (κ3) is 4.12. The fourth-order valence-electron chi connectivity index (χ4n) is 2.07. The van der Waals surface area contributed by atoms with Crippen molar-refractivity contribution in [2.75, 3.05) is 10.6 Å². The summed E-state index contributed by atoms with van der Waals surface area (Å²) in [6.07, 6.45) is 1.48. The molecule has 0 aliphatic rings. The fourth-order valence-corrected chi connectivity index (χ4v) is 2.55. The highest BCUT2D eigenvalue weighted by Crippen LogP contribution is 2.27. The van der Waals surface area contributed by atoms with Gasteiger partial charge in [-0.2, -0.15) is 10.5 Å². The number of nitrogens with zero attached hydrogens (tertiary/aromatic N) is 4. The zero-order chi connectivity index (χ0) is 18.4. The molecule has 0 spiro atoms. The number of anilines is 2. The van der Waals surface area contributed by atoms with Crippen LogP contribution in [0.2, 0.25) is 0 Å². The number of rotatable bonds is 5. The predicted molar refractivity (Wildman–Crippen MR) is 99.9 cm³/mol. The monoisotopic (exact) mass is 409 g/mol. The lowest BCUT2D eigenvalue weighted by Gasteiger charge is -2.09. The molecule has 3 rings (SSSR count). The molecule has 128 valence electrons. The minimum absolute atomic E-state index is 0.198. The standard InChI is InChI=1S/C17H12BrN7O/c18-14-8-13(20-10-12(9-19)16-22-24-25-23-16)6-7-15(14)21-17(26)11-4-2-1-3-5-11/h1-8,10,20H,(H,21,26)(H,22,23,24,25). The van der Waals surface area contributed by atoms with Crippen LogP contribution in [-0.2, 0) is 0 Å². The first-order chi connectivity index (χ1) is 12.7.